The van der Waals surface area contributed by atoms with Crippen LogP contribution in [0.5, 0.6) is 0 Å². The molecule has 0 spiro atoms. The molecule has 120 valence electrons. The minimum absolute atomic E-state index is 0. The number of aryl methyl sites for hydroxylation is 1. The quantitative estimate of drug-likeness (QED) is 0.283. The molecule has 0 saturated carbocycles. The van der Waals surface area contributed by atoms with Crippen LogP contribution in [0.15, 0.2) is 29.3 Å². The number of rotatable bonds is 7. The van der Waals surface area contributed by atoms with Crippen LogP contribution in [-0.4, -0.2) is 30.7 Å². The number of benzene rings is 1. The maximum atomic E-state index is 10.1. The third-order valence-electron chi connectivity index (χ3n) is 3.05. The van der Waals surface area contributed by atoms with Crippen LogP contribution in [0.2, 0.25) is 0 Å². The fraction of sp³-hybridized carbons (Fsp3) is 0.562. The van der Waals surface area contributed by atoms with Crippen molar-refractivity contribution in [3.8, 4) is 0 Å². The molecule has 1 aromatic carbocycles. The van der Waals surface area contributed by atoms with Gasteiger partial charge in [-0.25, -0.2) is 0 Å². The zero-order valence-corrected chi connectivity index (χ0v) is 15.6. The van der Waals surface area contributed by atoms with Gasteiger partial charge in [0.05, 0.1) is 12.6 Å². The smallest absolute Gasteiger partial charge is 0.191 e. The minimum atomic E-state index is -0.558. The van der Waals surface area contributed by atoms with Crippen LogP contribution in [0, 0.1) is 6.92 Å². The van der Waals surface area contributed by atoms with E-state index in [4.69, 9.17) is 0 Å². The van der Waals surface area contributed by atoms with Crippen LogP contribution in [0.4, 0.5) is 0 Å². The van der Waals surface area contributed by atoms with Crippen LogP contribution < -0.4 is 10.6 Å². The molecule has 0 amide bonds. The number of guanidine groups is 1. The van der Waals surface area contributed by atoms with Gasteiger partial charge in [-0.3, -0.25) is 4.99 Å². The van der Waals surface area contributed by atoms with Crippen LogP contribution in [0.1, 0.15) is 43.9 Å². The van der Waals surface area contributed by atoms with Crippen LogP contribution in [0.25, 0.3) is 0 Å². The van der Waals surface area contributed by atoms with Crippen molar-refractivity contribution in [2.45, 2.75) is 39.7 Å². The fourth-order valence-electron chi connectivity index (χ4n) is 1.80. The molecule has 0 aromatic heterocycles. The first-order valence-corrected chi connectivity index (χ1v) is 7.44. The molecule has 0 aliphatic heterocycles. The van der Waals surface area contributed by atoms with E-state index in [0.29, 0.717) is 6.54 Å². The largest absolute Gasteiger partial charge is 0.386 e. The Morgan fingerprint density at radius 1 is 1.19 bits per heavy atom. The molecule has 0 aliphatic carbocycles. The van der Waals surface area contributed by atoms with E-state index in [2.05, 4.69) is 22.5 Å². The molecule has 1 rings (SSSR count). The third kappa shape index (κ3) is 8.26. The number of halogens is 1. The van der Waals surface area contributed by atoms with Gasteiger partial charge >= 0.3 is 0 Å². The predicted octanol–water partition coefficient (Wildman–Crippen LogP) is 3.00. The summed E-state index contributed by atoms with van der Waals surface area (Å²) in [5, 5.41) is 16.6. The summed E-state index contributed by atoms with van der Waals surface area (Å²) in [5.41, 5.74) is 2.10. The van der Waals surface area contributed by atoms with E-state index in [9.17, 15) is 5.11 Å². The maximum absolute atomic E-state index is 10.1. The molecule has 0 radical (unpaired) electrons. The number of hydrogen-bond acceptors (Lipinski definition) is 2. The summed E-state index contributed by atoms with van der Waals surface area (Å²) >= 11 is 0. The highest BCUT2D eigenvalue weighted by Gasteiger charge is 2.06. The standard InChI is InChI=1S/C16H27N3O.HI/c1-4-6-11-18-16(17-5-2)19-12-15(20)14-9-7-13(3)8-10-14;/h7-10,15,20H,4-6,11-12H2,1-3H3,(H2,17,18,19);1H. The van der Waals surface area contributed by atoms with Crippen molar-refractivity contribution in [1.82, 2.24) is 10.6 Å². The summed E-state index contributed by atoms with van der Waals surface area (Å²) in [4.78, 5) is 4.43. The molecule has 1 aromatic rings. The fourth-order valence-corrected chi connectivity index (χ4v) is 1.80. The molecule has 4 nitrogen and oxygen atoms in total. The number of nitrogens with one attached hydrogen (secondary N) is 2. The van der Waals surface area contributed by atoms with E-state index in [-0.39, 0.29) is 24.0 Å². The van der Waals surface area contributed by atoms with E-state index in [1.54, 1.807) is 0 Å². The molecule has 1 atom stereocenters. The highest BCUT2D eigenvalue weighted by Crippen LogP contribution is 2.13. The molecule has 0 saturated heterocycles. The van der Waals surface area contributed by atoms with Crippen molar-refractivity contribution in [3.05, 3.63) is 35.4 Å². The highest BCUT2D eigenvalue weighted by atomic mass is 127. The lowest BCUT2D eigenvalue weighted by Crippen LogP contribution is -2.38. The maximum Gasteiger partial charge on any atom is 0.191 e. The molecule has 5 heteroatoms. The number of aliphatic hydroxyl groups excluding tert-OH is 1. The first kappa shape index (κ1) is 20.2. The SMILES string of the molecule is CCCCNC(=NCC(O)c1ccc(C)cc1)NCC.I. The zero-order chi connectivity index (χ0) is 14.8. The van der Waals surface area contributed by atoms with Gasteiger partial charge in [-0.1, -0.05) is 43.2 Å². The Hall–Kier alpha value is -0.820. The summed E-state index contributed by atoms with van der Waals surface area (Å²) < 4.78 is 0. The second kappa shape index (κ2) is 11.8. The van der Waals surface area contributed by atoms with Gasteiger partial charge in [0.2, 0.25) is 0 Å². The Morgan fingerprint density at radius 2 is 1.86 bits per heavy atom. The monoisotopic (exact) mass is 405 g/mol. The first-order valence-electron chi connectivity index (χ1n) is 7.44. The molecule has 0 bridgehead atoms. The van der Waals surface area contributed by atoms with Gasteiger partial charge in [-0.05, 0) is 25.8 Å². The lowest BCUT2D eigenvalue weighted by atomic mass is 10.1. The predicted molar refractivity (Wildman–Crippen MR) is 100 cm³/mol. The van der Waals surface area contributed by atoms with Crippen molar-refractivity contribution in [1.29, 1.82) is 0 Å². The first-order chi connectivity index (χ1) is 9.67. The molecule has 1 unspecified atom stereocenters. The second-order valence-electron chi connectivity index (χ2n) is 4.93. The average molecular weight is 405 g/mol. The van der Waals surface area contributed by atoms with E-state index in [0.717, 1.165) is 37.5 Å². The topological polar surface area (TPSA) is 56.7 Å². The van der Waals surface area contributed by atoms with Crippen LogP contribution >= 0.6 is 24.0 Å². The molecular weight excluding hydrogens is 377 g/mol. The Bertz CT molecular complexity index is 406. The summed E-state index contributed by atoms with van der Waals surface area (Å²) in [7, 11) is 0. The van der Waals surface area contributed by atoms with E-state index >= 15 is 0 Å². The zero-order valence-electron chi connectivity index (χ0n) is 13.2. The van der Waals surface area contributed by atoms with E-state index < -0.39 is 6.10 Å². The number of aliphatic hydroxyl groups is 1. The Morgan fingerprint density at radius 3 is 2.43 bits per heavy atom. The lowest BCUT2D eigenvalue weighted by Gasteiger charge is -2.13. The van der Waals surface area contributed by atoms with Crippen molar-refractivity contribution in [3.63, 3.8) is 0 Å². The second-order valence-corrected chi connectivity index (χ2v) is 4.93. The van der Waals surface area contributed by atoms with E-state index in [1.165, 1.54) is 5.56 Å². The lowest BCUT2D eigenvalue weighted by molar-refractivity contribution is 0.187. The number of nitrogens with zero attached hydrogens (tertiary/aromatic N) is 1. The summed E-state index contributed by atoms with van der Waals surface area (Å²) in [6, 6.07) is 7.92. The summed E-state index contributed by atoms with van der Waals surface area (Å²) in [6.07, 6.45) is 1.71. The van der Waals surface area contributed by atoms with Crippen molar-refractivity contribution in [2.24, 2.45) is 4.99 Å². The van der Waals surface area contributed by atoms with Gasteiger partial charge < -0.3 is 15.7 Å². The molecule has 21 heavy (non-hydrogen) atoms. The molecule has 0 aliphatic rings. The van der Waals surface area contributed by atoms with Gasteiger partial charge in [0, 0.05) is 13.1 Å². The van der Waals surface area contributed by atoms with Gasteiger partial charge in [0.25, 0.3) is 0 Å². The molecule has 0 heterocycles. The van der Waals surface area contributed by atoms with Crippen LogP contribution in [-0.2, 0) is 0 Å². The highest BCUT2D eigenvalue weighted by molar-refractivity contribution is 14.0. The number of unbranched alkanes of at least 4 members (excludes halogenated alkanes) is 1. The van der Waals surface area contributed by atoms with Gasteiger partial charge in [-0.2, -0.15) is 0 Å². The van der Waals surface area contributed by atoms with Gasteiger partial charge in [0.1, 0.15) is 0 Å². The van der Waals surface area contributed by atoms with Crippen molar-refractivity contribution >= 4 is 29.9 Å². The number of hydrogen-bond donors (Lipinski definition) is 3. The molecule has 0 fully saturated rings. The summed E-state index contributed by atoms with van der Waals surface area (Å²) in [5.74, 6) is 0.770. The average Bonchev–Trinajstić information content (AvgIpc) is 2.45. The minimum Gasteiger partial charge on any atom is -0.386 e. The van der Waals surface area contributed by atoms with Gasteiger partial charge in [-0.15, -0.1) is 24.0 Å². The Labute approximate surface area is 145 Å². The normalized spacial score (nSPS) is 12.5. The van der Waals surface area contributed by atoms with E-state index in [1.807, 2.05) is 38.1 Å². The Balaban J connectivity index is 0.00000400. The Kier molecular flexibility index (Phi) is 11.3. The van der Waals surface area contributed by atoms with Gasteiger partial charge in [0.15, 0.2) is 5.96 Å². The van der Waals surface area contributed by atoms with Crippen LogP contribution in [0.3, 0.4) is 0 Å². The van der Waals surface area contributed by atoms with Crippen molar-refractivity contribution in [2.75, 3.05) is 19.6 Å². The molecular formula is C16H28IN3O. The molecule has 3 N–H and O–H groups in total. The summed E-state index contributed by atoms with van der Waals surface area (Å²) in [6.45, 7) is 8.32. The van der Waals surface area contributed by atoms with Crippen molar-refractivity contribution < 1.29 is 5.11 Å². The third-order valence-corrected chi connectivity index (χ3v) is 3.05. The number of aliphatic imine (C=N–C) groups is 1.